The second kappa shape index (κ2) is 12.7. The third kappa shape index (κ3) is 6.19. The van der Waals surface area contributed by atoms with Crippen molar-refractivity contribution >= 4 is 63.6 Å². The molecule has 1 aliphatic rings. The molecule has 1 fully saturated rings. The fourth-order valence-corrected chi connectivity index (χ4v) is 7.92. The van der Waals surface area contributed by atoms with Gasteiger partial charge in [-0.25, -0.2) is 0 Å². The fraction of sp³-hybridized carbons (Fsp3) is 0.242. The zero-order valence-corrected chi connectivity index (χ0v) is 28.1. The maximum absolute atomic E-state index is 7.04. The van der Waals surface area contributed by atoms with Gasteiger partial charge in [-0.15, -0.1) is 0 Å². The van der Waals surface area contributed by atoms with Gasteiger partial charge in [0.15, 0.2) is 0 Å². The number of ether oxygens (including phenoxy) is 1. The van der Waals surface area contributed by atoms with Gasteiger partial charge in [0.05, 0.1) is 0 Å². The molecule has 0 spiro atoms. The van der Waals surface area contributed by atoms with E-state index in [2.05, 4.69) is 110 Å². The van der Waals surface area contributed by atoms with E-state index in [0.29, 0.717) is 14.9 Å². The van der Waals surface area contributed by atoms with Crippen molar-refractivity contribution in [1.29, 1.82) is 0 Å². The van der Waals surface area contributed by atoms with Crippen LogP contribution in [0.3, 0.4) is 0 Å². The number of benzene rings is 4. The number of halogens is 2. The molecule has 0 radical (unpaired) electrons. The second-order valence-electron chi connectivity index (χ2n) is 10.7. The Kier molecular flexibility index (Phi) is 9.38. The molecule has 41 heavy (non-hydrogen) atoms. The summed E-state index contributed by atoms with van der Waals surface area (Å²) < 4.78 is 9.04. The van der Waals surface area contributed by atoms with E-state index in [1.54, 1.807) is 12.1 Å². The molecule has 1 aliphatic heterocycles. The van der Waals surface area contributed by atoms with E-state index >= 15 is 0 Å². The number of nitrogens with zero attached hydrogens (tertiary/aromatic N) is 2. The Bertz CT molecular complexity index is 1580. The standard InChI is InChI=1S/C33H32Cl2N2OS2.Ru/c1-21-12-6-9-15-26(21)36-20-33(4,5)37(27-16-10-7-13-22(27)2)31(36)32(38-28-17-11-8-14-23(28)3)40-30-25(35)19-18-24(34)29(30)39;/h3,6-19,31-32,39H,20H2,1-2,4-5H3;/q;+1/p-1/t31-,32+;/m0./s1. The summed E-state index contributed by atoms with van der Waals surface area (Å²) in [6.45, 7) is 9.70. The molecule has 5 rings (SSSR count). The molecular formula is C33H31Cl2N2ORuS2. The summed E-state index contributed by atoms with van der Waals surface area (Å²) >= 11 is 23.2. The van der Waals surface area contributed by atoms with Crippen LogP contribution < -0.4 is 14.5 Å². The Hall–Kier alpha value is -2.08. The van der Waals surface area contributed by atoms with E-state index in [4.69, 9.17) is 40.6 Å². The molecule has 0 unspecified atom stereocenters. The predicted molar refractivity (Wildman–Crippen MR) is 174 cm³/mol. The summed E-state index contributed by atoms with van der Waals surface area (Å²) in [5, 5.41) is 1.06. The summed E-state index contributed by atoms with van der Waals surface area (Å²) in [5.74, 6) is 0.784. The molecule has 4 aromatic rings. The molecule has 3 nitrogen and oxygen atoms in total. The molecule has 0 N–H and O–H groups in total. The van der Waals surface area contributed by atoms with E-state index in [1.807, 2.05) is 22.8 Å². The van der Waals surface area contributed by atoms with Crippen LogP contribution in [0.5, 0.6) is 5.75 Å². The van der Waals surface area contributed by atoms with Crippen molar-refractivity contribution in [3.63, 3.8) is 0 Å². The van der Waals surface area contributed by atoms with E-state index < -0.39 is 5.44 Å². The van der Waals surface area contributed by atoms with E-state index in [0.717, 1.165) is 28.4 Å². The van der Waals surface area contributed by atoms with Crippen LogP contribution in [-0.4, -0.2) is 28.3 Å². The van der Waals surface area contributed by atoms with Crippen molar-refractivity contribution in [3.8, 4) is 5.75 Å². The normalized spacial score (nSPS) is 17.0. The first kappa shape index (κ1) is 30.4. The summed E-state index contributed by atoms with van der Waals surface area (Å²) in [5.41, 5.74) is 5.04. The van der Waals surface area contributed by atoms with Crippen molar-refractivity contribution < 1.29 is 22.6 Å². The molecule has 8 heteroatoms. The van der Waals surface area contributed by atoms with Crippen LogP contribution in [0.15, 0.2) is 94.7 Å². The number of rotatable bonds is 8. The topological polar surface area (TPSA) is 15.7 Å². The van der Waals surface area contributed by atoms with Gasteiger partial charge in [-0.2, -0.15) is 0 Å². The molecule has 0 bridgehead atoms. The first-order valence-electron chi connectivity index (χ1n) is 13.3. The van der Waals surface area contributed by atoms with E-state index in [1.165, 1.54) is 28.6 Å². The Morgan fingerprint density at radius 2 is 1.49 bits per heavy atom. The van der Waals surface area contributed by atoms with Crippen molar-refractivity contribution in [2.45, 2.75) is 54.6 Å². The molecule has 1 saturated heterocycles. The Labute approximate surface area is 272 Å². The summed E-state index contributed by atoms with van der Waals surface area (Å²) in [6.07, 6.45) is -0.222. The van der Waals surface area contributed by atoms with Gasteiger partial charge >= 0.3 is 275 Å². The van der Waals surface area contributed by atoms with Crippen molar-refractivity contribution in [1.82, 2.24) is 0 Å². The number of hydrogen-bond acceptors (Lipinski definition) is 5. The van der Waals surface area contributed by atoms with E-state index in [-0.39, 0.29) is 11.7 Å². The third-order valence-corrected chi connectivity index (χ3v) is 10.5. The maximum atomic E-state index is 7.04. The quantitative estimate of drug-likeness (QED) is 0.0785. The Morgan fingerprint density at radius 3 is 2.15 bits per heavy atom. The van der Waals surface area contributed by atoms with Gasteiger partial charge < -0.3 is 0 Å². The zero-order chi connectivity index (χ0) is 29.3. The molecule has 0 aliphatic carbocycles. The predicted octanol–water partition coefficient (Wildman–Crippen LogP) is 8.84. The van der Waals surface area contributed by atoms with Gasteiger partial charge in [0, 0.05) is 0 Å². The summed E-state index contributed by atoms with van der Waals surface area (Å²) in [6, 6.07) is 28.7. The average Bonchev–Trinajstić information content (AvgIpc) is 3.23. The first-order valence-corrected chi connectivity index (χ1v) is 16.3. The van der Waals surface area contributed by atoms with Gasteiger partial charge in [-0.3, -0.25) is 0 Å². The molecule has 0 amide bonds. The SMILES string of the molecule is Cc1ccccc1N1CC(C)(C)N(c2ccccc2C)[C@H]1[C@H](Oc1ccccc1[CH]=[Ru+])Sc1c(Cl)ccc(Cl)c1[S-]. The number of hydrogen-bond donors (Lipinski definition) is 0. The molecule has 0 saturated carbocycles. The molecule has 4 aromatic carbocycles. The minimum absolute atomic E-state index is 0.222. The molecule has 0 aromatic heterocycles. The summed E-state index contributed by atoms with van der Waals surface area (Å²) in [7, 11) is 0. The van der Waals surface area contributed by atoms with Gasteiger partial charge in [0.2, 0.25) is 0 Å². The van der Waals surface area contributed by atoms with Gasteiger partial charge in [0.1, 0.15) is 0 Å². The Morgan fingerprint density at radius 1 is 0.902 bits per heavy atom. The average molecular weight is 708 g/mol. The summed E-state index contributed by atoms with van der Waals surface area (Å²) in [4.78, 5) is 6.24. The van der Waals surface area contributed by atoms with Gasteiger partial charge in [0.25, 0.3) is 0 Å². The minimum atomic E-state index is -0.443. The number of para-hydroxylation sites is 3. The van der Waals surface area contributed by atoms with E-state index in [9.17, 15) is 0 Å². The molecular weight excluding hydrogens is 676 g/mol. The van der Waals surface area contributed by atoms with Crippen LogP contribution in [0, 0.1) is 13.8 Å². The van der Waals surface area contributed by atoms with Crippen LogP contribution in [0.2, 0.25) is 10.0 Å². The number of thioether (sulfide) groups is 1. The van der Waals surface area contributed by atoms with Crippen LogP contribution in [0.4, 0.5) is 11.4 Å². The first-order chi connectivity index (χ1) is 19.6. The third-order valence-electron chi connectivity index (χ3n) is 7.36. The fourth-order valence-electron chi connectivity index (χ4n) is 5.45. The van der Waals surface area contributed by atoms with Crippen LogP contribution in [0.25, 0.3) is 0 Å². The van der Waals surface area contributed by atoms with Crippen LogP contribution in [-0.2, 0) is 30.5 Å². The van der Waals surface area contributed by atoms with Gasteiger partial charge in [-0.1, -0.05) is 0 Å². The molecule has 2 atom stereocenters. The van der Waals surface area contributed by atoms with Crippen LogP contribution in [0.1, 0.15) is 30.5 Å². The monoisotopic (exact) mass is 707 g/mol. The second-order valence-corrected chi connectivity index (χ2v) is 13.6. The number of aryl methyl sites for hydroxylation is 2. The zero-order valence-electron chi connectivity index (χ0n) is 23.3. The van der Waals surface area contributed by atoms with Crippen molar-refractivity contribution in [3.05, 3.63) is 112 Å². The molecule has 1 heterocycles. The van der Waals surface area contributed by atoms with Crippen molar-refractivity contribution in [2.75, 3.05) is 16.3 Å². The Balaban J connectivity index is 1.74. The van der Waals surface area contributed by atoms with Gasteiger partial charge in [-0.05, 0) is 0 Å². The van der Waals surface area contributed by atoms with Crippen molar-refractivity contribution in [2.24, 2.45) is 0 Å². The molecule has 213 valence electrons. The van der Waals surface area contributed by atoms with Crippen LogP contribution >= 0.6 is 35.0 Å². The number of anilines is 2.